The molecular weight excluding hydrogens is 516 g/mol. The molecule has 3 aliphatic heterocycles. The molecule has 8 heteroatoms. The van der Waals surface area contributed by atoms with Gasteiger partial charge in [0.05, 0.1) is 0 Å². The molecule has 3 fully saturated rings. The summed E-state index contributed by atoms with van der Waals surface area (Å²) in [5, 5.41) is 8.21. The van der Waals surface area contributed by atoms with Crippen LogP contribution in [-0.2, 0) is 32.0 Å². The van der Waals surface area contributed by atoms with Crippen molar-refractivity contribution in [3.8, 4) is 0 Å². The molecule has 4 atom stereocenters. The molecule has 41 heavy (non-hydrogen) atoms. The molecule has 0 radical (unpaired) electrons. The number of hydrogen-bond acceptors (Lipinski definition) is 4. The SMILES string of the molecule is O=C1C[C@H](Cc2ccccc2)NC(=O)[C@@H]2CCCN2C(=O)[C@@H]2CCCN2C(=O)[C@H](Cc2cccc3ccccc23)N1. The van der Waals surface area contributed by atoms with Gasteiger partial charge in [-0.15, -0.1) is 0 Å². The van der Waals surface area contributed by atoms with Gasteiger partial charge in [-0.2, -0.15) is 0 Å². The average Bonchev–Trinajstić information content (AvgIpc) is 3.67. The van der Waals surface area contributed by atoms with Gasteiger partial charge in [-0.05, 0) is 54.0 Å². The summed E-state index contributed by atoms with van der Waals surface area (Å²) in [6.45, 7) is 0.952. The Balaban J connectivity index is 1.35. The zero-order valence-electron chi connectivity index (χ0n) is 23.1. The highest BCUT2D eigenvalue weighted by Crippen LogP contribution is 2.27. The minimum absolute atomic E-state index is 0.0318. The second kappa shape index (κ2) is 11.7. The molecule has 3 aromatic carbocycles. The van der Waals surface area contributed by atoms with Gasteiger partial charge in [-0.3, -0.25) is 19.2 Å². The van der Waals surface area contributed by atoms with E-state index in [9.17, 15) is 19.2 Å². The van der Waals surface area contributed by atoms with Crippen LogP contribution in [0.1, 0.15) is 43.2 Å². The summed E-state index contributed by atoms with van der Waals surface area (Å²) in [4.78, 5) is 58.4. The number of amides is 4. The maximum Gasteiger partial charge on any atom is 0.246 e. The third kappa shape index (κ3) is 5.69. The summed E-state index contributed by atoms with van der Waals surface area (Å²) in [7, 11) is 0. The number of carbonyl (C=O) groups is 4. The molecule has 0 saturated carbocycles. The Kier molecular flexibility index (Phi) is 7.72. The fourth-order valence-corrected chi connectivity index (χ4v) is 6.72. The van der Waals surface area contributed by atoms with Crippen LogP contribution in [0.2, 0.25) is 0 Å². The molecule has 2 N–H and O–H groups in total. The quantitative estimate of drug-likeness (QED) is 0.520. The van der Waals surface area contributed by atoms with Crippen molar-refractivity contribution in [2.45, 2.75) is 69.1 Å². The van der Waals surface area contributed by atoms with E-state index in [1.165, 1.54) is 0 Å². The molecule has 3 aromatic rings. The molecule has 6 rings (SSSR count). The third-order valence-electron chi connectivity index (χ3n) is 8.70. The maximum absolute atomic E-state index is 14.1. The lowest BCUT2D eigenvalue weighted by atomic mass is 9.97. The predicted octanol–water partition coefficient (Wildman–Crippen LogP) is 2.98. The fourth-order valence-electron chi connectivity index (χ4n) is 6.72. The molecule has 0 aromatic heterocycles. The van der Waals surface area contributed by atoms with E-state index in [2.05, 4.69) is 10.6 Å². The van der Waals surface area contributed by atoms with E-state index in [0.29, 0.717) is 45.2 Å². The van der Waals surface area contributed by atoms with E-state index in [1.54, 1.807) is 9.80 Å². The van der Waals surface area contributed by atoms with Crippen LogP contribution in [0.25, 0.3) is 10.8 Å². The highest BCUT2D eigenvalue weighted by Gasteiger charge is 2.44. The molecule has 0 aliphatic carbocycles. The minimum Gasteiger partial charge on any atom is -0.351 e. The Labute approximate surface area is 240 Å². The standard InChI is InChI=1S/C33H36N4O4/c38-30-21-25(19-22-9-2-1-3-10-22)34-31(39)28-15-7-17-36(28)33(41)29-16-8-18-37(29)32(40)27(35-30)20-24-13-6-12-23-11-4-5-14-26(23)24/h1-6,9-14,25,27-29H,7-8,15-21H2,(H,34,39)(H,35,38)/t25-,27-,28-,29-/m0/s1. The van der Waals surface area contributed by atoms with E-state index in [0.717, 1.165) is 28.3 Å². The third-order valence-corrected chi connectivity index (χ3v) is 8.70. The van der Waals surface area contributed by atoms with Gasteiger partial charge in [0, 0.05) is 32.0 Å². The van der Waals surface area contributed by atoms with Gasteiger partial charge >= 0.3 is 0 Å². The van der Waals surface area contributed by atoms with Gasteiger partial charge in [0.15, 0.2) is 0 Å². The van der Waals surface area contributed by atoms with Crippen molar-refractivity contribution >= 4 is 34.4 Å². The van der Waals surface area contributed by atoms with E-state index < -0.39 is 24.2 Å². The van der Waals surface area contributed by atoms with E-state index in [4.69, 9.17) is 0 Å². The van der Waals surface area contributed by atoms with Crippen molar-refractivity contribution in [3.05, 3.63) is 83.9 Å². The molecule has 0 unspecified atom stereocenters. The van der Waals surface area contributed by atoms with Crippen molar-refractivity contribution < 1.29 is 19.2 Å². The summed E-state index contributed by atoms with van der Waals surface area (Å²) in [6, 6.07) is 21.2. The molecule has 212 valence electrons. The molecule has 0 bridgehead atoms. The average molecular weight is 553 g/mol. The number of benzene rings is 3. The topological polar surface area (TPSA) is 98.8 Å². The summed E-state index contributed by atoms with van der Waals surface area (Å²) in [5.74, 6) is -0.931. The number of nitrogens with zero attached hydrogens (tertiary/aromatic N) is 2. The Morgan fingerprint density at radius 3 is 2.17 bits per heavy atom. The van der Waals surface area contributed by atoms with Crippen LogP contribution in [0.15, 0.2) is 72.8 Å². The van der Waals surface area contributed by atoms with E-state index in [1.807, 2.05) is 72.8 Å². The molecule has 8 nitrogen and oxygen atoms in total. The first-order valence-corrected chi connectivity index (χ1v) is 14.7. The molecule has 3 saturated heterocycles. The Morgan fingerprint density at radius 2 is 1.37 bits per heavy atom. The molecule has 3 heterocycles. The van der Waals surface area contributed by atoms with Crippen molar-refractivity contribution in [3.63, 3.8) is 0 Å². The summed E-state index contributed by atoms with van der Waals surface area (Å²) in [6.07, 6.45) is 3.39. The molecular formula is C33H36N4O4. The summed E-state index contributed by atoms with van der Waals surface area (Å²) >= 11 is 0. The smallest absolute Gasteiger partial charge is 0.246 e. The maximum atomic E-state index is 14.1. The number of fused-ring (bicyclic) bond motifs is 3. The molecule has 3 aliphatic rings. The van der Waals surface area contributed by atoms with Crippen molar-refractivity contribution in [1.82, 2.24) is 20.4 Å². The zero-order chi connectivity index (χ0) is 28.3. The lowest BCUT2D eigenvalue weighted by Gasteiger charge is -2.32. The molecule has 4 amide bonds. The van der Waals surface area contributed by atoms with Crippen LogP contribution in [0.3, 0.4) is 0 Å². The number of hydrogen-bond donors (Lipinski definition) is 2. The van der Waals surface area contributed by atoms with Crippen molar-refractivity contribution in [2.24, 2.45) is 0 Å². The van der Waals surface area contributed by atoms with Crippen LogP contribution in [0.4, 0.5) is 0 Å². The zero-order valence-corrected chi connectivity index (χ0v) is 23.1. The number of carbonyl (C=O) groups excluding carboxylic acids is 4. The summed E-state index contributed by atoms with van der Waals surface area (Å²) in [5.41, 5.74) is 1.96. The van der Waals surface area contributed by atoms with Crippen molar-refractivity contribution in [2.75, 3.05) is 13.1 Å². The number of rotatable bonds is 4. The highest BCUT2D eigenvalue weighted by molar-refractivity contribution is 5.96. The minimum atomic E-state index is -0.829. The van der Waals surface area contributed by atoms with Crippen LogP contribution in [0, 0.1) is 0 Å². The Hall–Kier alpha value is -4.20. The number of nitrogens with one attached hydrogen (secondary N) is 2. The van der Waals surface area contributed by atoms with Crippen LogP contribution < -0.4 is 10.6 Å². The first kappa shape index (κ1) is 27.0. The van der Waals surface area contributed by atoms with Gasteiger partial charge in [-0.25, -0.2) is 0 Å². The van der Waals surface area contributed by atoms with E-state index in [-0.39, 0.29) is 30.0 Å². The van der Waals surface area contributed by atoms with Gasteiger partial charge in [-0.1, -0.05) is 72.8 Å². The van der Waals surface area contributed by atoms with Crippen molar-refractivity contribution in [1.29, 1.82) is 0 Å². The fraction of sp³-hybridized carbons (Fsp3) is 0.394. The lowest BCUT2D eigenvalue weighted by Crippen LogP contribution is -2.56. The monoisotopic (exact) mass is 552 g/mol. The first-order valence-electron chi connectivity index (χ1n) is 14.7. The summed E-state index contributed by atoms with van der Waals surface area (Å²) < 4.78 is 0. The molecule has 0 spiro atoms. The Morgan fingerprint density at radius 1 is 0.683 bits per heavy atom. The lowest BCUT2D eigenvalue weighted by molar-refractivity contribution is -0.147. The predicted molar refractivity (Wildman–Crippen MR) is 156 cm³/mol. The second-order valence-electron chi connectivity index (χ2n) is 11.4. The Bertz CT molecular complexity index is 1450. The van der Waals surface area contributed by atoms with Gasteiger partial charge in [0.25, 0.3) is 0 Å². The largest absolute Gasteiger partial charge is 0.351 e. The normalized spacial score (nSPS) is 25.6. The van der Waals surface area contributed by atoms with Crippen LogP contribution in [0.5, 0.6) is 0 Å². The first-order chi connectivity index (χ1) is 20.0. The van der Waals surface area contributed by atoms with Gasteiger partial charge in [0.1, 0.15) is 18.1 Å². The van der Waals surface area contributed by atoms with Gasteiger partial charge in [0.2, 0.25) is 23.6 Å². The highest BCUT2D eigenvalue weighted by atomic mass is 16.2. The second-order valence-corrected chi connectivity index (χ2v) is 11.4. The van der Waals surface area contributed by atoms with Gasteiger partial charge < -0.3 is 20.4 Å². The van der Waals surface area contributed by atoms with Crippen LogP contribution in [-0.4, -0.2) is 70.7 Å². The van der Waals surface area contributed by atoms with E-state index >= 15 is 0 Å². The van der Waals surface area contributed by atoms with Crippen LogP contribution >= 0.6 is 0 Å².